The second kappa shape index (κ2) is 7.63. The van der Waals surface area contributed by atoms with E-state index in [-0.39, 0.29) is 31.0 Å². The van der Waals surface area contributed by atoms with Gasteiger partial charge in [-0.05, 0) is 30.0 Å². The molecule has 0 heterocycles. The second-order valence-electron chi connectivity index (χ2n) is 4.28. The van der Waals surface area contributed by atoms with Gasteiger partial charge in [0.25, 0.3) is 0 Å². The average Bonchev–Trinajstić information content (AvgIpc) is 2.37. The van der Waals surface area contributed by atoms with Crippen molar-refractivity contribution in [3.63, 3.8) is 0 Å². The van der Waals surface area contributed by atoms with Crippen LogP contribution in [0.5, 0.6) is 5.75 Å². The summed E-state index contributed by atoms with van der Waals surface area (Å²) >= 11 is 0. The van der Waals surface area contributed by atoms with Crippen molar-refractivity contribution >= 4 is 0 Å². The Bertz CT molecular complexity index is 500. The minimum Gasteiger partial charge on any atom is -1.00 e. The van der Waals surface area contributed by atoms with Gasteiger partial charge in [0.15, 0.2) is 0 Å². The number of benzene rings is 2. The maximum atomic E-state index is 9.91. The predicted molar refractivity (Wildman–Crippen MR) is 73.3 cm³/mol. The molecule has 0 aliphatic rings. The van der Waals surface area contributed by atoms with E-state index in [1.165, 1.54) is 18.4 Å². The van der Waals surface area contributed by atoms with Crippen molar-refractivity contribution < 1.29 is 36.1 Å². The Labute approximate surface area is 133 Å². The number of unbranched alkanes of at least 4 members (excludes halogenated alkanes) is 1. The van der Waals surface area contributed by atoms with Crippen LogP contribution in [0.15, 0.2) is 48.5 Å². The van der Waals surface area contributed by atoms with Gasteiger partial charge in [-0.25, -0.2) is 0 Å². The molecule has 0 bridgehead atoms. The molecule has 2 rings (SSSR count). The maximum absolute atomic E-state index is 9.91. The third kappa shape index (κ3) is 3.61. The first kappa shape index (κ1) is 15.3. The van der Waals surface area contributed by atoms with Gasteiger partial charge in [-0.2, -0.15) is 0 Å². The maximum Gasteiger partial charge on any atom is 1.00 e. The van der Waals surface area contributed by atoms with E-state index in [2.05, 4.69) is 25.1 Å². The van der Waals surface area contributed by atoms with Crippen molar-refractivity contribution in [2.45, 2.75) is 26.2 Å². The summed E-state index contributed by atoms with van der Waals surface area (Å²) in [4.78, 5) is 0. The summed E-state index contributed by atoms with van der Waals surface area (Å²) in [6.07, 6.45) is 3.45. The number of hydrogen-bond donors (Lipinski definition) is 1. The van der Waals surface area contributed by atoms with E-state index in [9.17, 15) is 5.11 Å². The van der Waals surface area contributed by atoms with Crippen LogP contribution in [0.3, 0.4) is 0 Å². The van der Waals surface area contributed by atoms with Crippen LogP contribution in [-0.2, 0) is 6.42 Å². The monoisotopic (exact) mass is 250 g/mol. The van der Waals surface area contributed by atoms with Crippen molar-refractivity contribution in [3.8, 4) is 16.9 Å². The number of aryl methyl sites for hydroxylation is 1. The van der Waals surface area contributed by atoms with Crippen LogP contribution in [0.4, 0.5) is 0 Å². The summed E-state index contributed by atoms with van der Waals surface area (Å²) in [5.74, 6) is 0.358. The summed E-state index contributed by atoms with van der Waals surface area (Å²) in [6, 6.07) is 15.9. The quantitative estimate of drug-likeness (QED) is 0.816. The molecule has 0 radical (unpaired) electrons. The molecule has 2 heteroatoms. The molecule has 1 N–H and O–H groups in total. The zero-order valence-electron chi connectivity index (χ0n) is 12.2. The van der Waals surface area contributed by atoms with Crippen molar-refractivity contribution in [1.82, 2.24) is 0 Å². The molecule has 0 unspecified atom stereocenters. The summed E-state index contributed by atoms with van der Waals surface area (Å²) in [7, 11) is 0. The van der Waals surface area contributed by atoms with Crippen molar-refractivity contribution in [3.05, 3.63) is 54.1 Å². The van der Waals surface area contributed by atoms with Gasteiger partial charge in [0.1, 0.15) is 5.75 Å². The molecule has 2 aromatic carbocycles. The molecule has 2 aromatic rings. The Hall–Kier alpha value is -0.760. The van der Waals surface area contributed by atoms with E-state index in [4.69, 9.17) is 0 Å². The Morgan fingerprint density at radius 2 is 1.56 bits per heavy atom. The Kier molecular flexibility index (Phi) is 6.48. The Morgan fingerprint density at radius 1 is 0.944 bits per heavy atom. The molecule has 0 saturated heterocycles. The van der Waals surface area contributed by atoms with Crippen LogP contribution >= 0.6 is 0 Å². The minimum absolute atomic E-state index is 0. The van der Waals surface area contributed by atoms with E-state index in [1.807, 2.05) is 24.3 Å². The molecule has 0 aromatic heterocycles. The molecule has 0 amide bonds. The zero-order valence-corrected chi connectivity index (χ0v) is 13.2. The third-order valence-corrected chi connectivity index (χ3v) is 3.01. The third-order valence-electron chi connectivity index (χ3n) is 3.01. The van der Waals surface area contributed by atoms with Gasteiger partial charge < -0.3 is 6.53 Å². The average molecular weight is 250 g/mol. The van der Waals surface area contributed by atoms with Gasteiger partial charge in [0, 0.05) is 5.56 Å². The van der Waals surface area contributed by atoms with Gasteiger partial charge in [0.2, 0.25) is 0 Å². The van der Waals surface area contributed by atoms with Gasteiger partial charge >= 0.3 is 29.6 Å². The number of para-hydroxylation sites is 1. The summed E-state index contributed by atoms with van der Waals surface area (Å²) in [5, 5.41) is 9.91. The van der Waals surface area contributed by atoms with E-state index in [1.54, 1.807) is 6.07 Å². The van der Waals surface area contributed by atoms with Crippen molar-refractivity contribution in [2.24, 2.45) is 0 Å². The second-order valence-corrected chi connectivity index (χ2v) is 4.28. The normalized spacial score (nSPS) is 9.83. The molecular formula is C16H19NaO. The summed E-state index contributed by atoms with van der Waals surface area (Å²) < 4.78 is 0. The molecule has 1 nitrogen and oxygen atoms in total. The van der Waals surface area contributed by atoms with Crippen LogP contribution in [0.25, 0.3) is 11.1 Å². The van der Waals surface area contributed by atoms with Crippen molar-refractivity contribution in [1.29, 1.82) is 0 Å². The first-order valence-corrected chi connectivity index (χ1v) is 6.19. The Morgan fingerprint density at radius 3 is 2.22 bits per heavy atom. The molecule has 0 atom stereocenters. The summed E-state index contributed by atoms with van der Waals surface area (Å²) in [5.41, 5.74) is 3.40. The van der Waals surface area contributed by atoms with Crippen molar-refractivity contribution in [2.75, 3.05) is 0 Å². The number of phenols is 1. The molecule has 0 aliphatic heterocycles. The Balaban J connectivity index is 0.00000162. The minimum atomic E-state index is 0. The largest absolute Gasteiger partial charge is 1.00 e. The number of hydrogen-bond acceptors (Lipinski definition) is 1. The van der Waals surface area contributed by atoms with Crippen LogP contribution in [0.2, 0.25) is 0 Å². The molecule has 90 valence electrons. The molecule has 0 fully saturated rings. The number of phenolic OH excluding ortho intramolecular Hbond substituents is 1. The first-order chi connectivity index (χ1) is 8.33. The van der Waals surface area contributed by atoms with E-state index in [0.717, 1.165) is 17.5 Å². The van der Waals surface area contributed by atoms with Crippen LogP contribution in [0.1, 0.15) is 26.8 Å². The topological polar surface area (TPSA) is 20.2 Å². The molecule has 0 aliphatic carbocycles. The molecule has 18 heavy (non-hydrogen) atoms. The van der Waals surface area contributed by atoms with Gasteiger partial charge in [-0.3, -0.25) is 0 Å². The fourth-order valence-corrected chi connectivity index (χ4v) is 2.07. The number of rotatable bonds is 4. The standard InChI is InChI=1S/C16H18O.Na.H/c1-2-3-8-13-9-4-5-10-14(13)15-11-6-7-12-16(15)17;;/h4-7,9-12,17H,2-3,8H2,1H3;;/q;+1;-1. The first-order valence-electron chi connectivity index (χ1n) is 6.19. The van der Waals surface area contributed by atoms with Crippen LogP contribution < -0.4 is 29.6 Å². The fourth-order valence-electron chi connectivity index (χ4n) is 2.07. The van der Waals surface area contributed by atoms with Gasteiger partial charge in [-0.1, -0.05) is 55.8 Å². The summed E-state index contributed by atoms with van der Waals surface area (Å²) in [6.45, 7) is 2.20. The zero-order chi connectivity index (χ0) is 12.1. The molecular weight excluding hydrogens is 231 g/mol. The van der Waals surface area contributed by atoms with Crippen LogP contribution in [-0.4, -0.2) is 5.11 Å². The van der Waals surface area contributed by atoms with E-state index in [0.29, 0.717) is 5.75 Å². The number of aromatic hydroxyl groups is 1. The van der Waals surface area contributed by atoms with Gasteiger partial charge in [-0.15, -0.1) is 0 Å². The fraction of sp³-hybridized carbons (Fsp3) is 0.250. The molecule has 0 spiro atoms. The smallest absolute Gasteiger partial charge is 1.00 e. The van der Waals surface area contributed by atoms with E-state index >= 15 is 0 Å². The molecule has 0 saturated carbocycles. The predicted octanol–water partition coefficient (Wildman–Crippen LogP) is 1.52. The van der Waals surface area contributed by atoms with Gasteiger partial charge in [0.05, 0.1) is 0 Å². The van der Waals surface area contributed by atoms with Crippen LogP contribution in [0, 0.1) is 0 Å². The van der Waals surface area contributed by atoms with E-state index < -0.39 is 0 Å². The SMILES string of the molecule is CCCCc1ccccc1-c1ccccc1O.[H-].[Na+].